The van der Waals surface area contributed by atoms with Gasteiger partial charge in [-0.15, -0.1) is 0 Å². The highest BCUT2D eigenvalue weighted by atomic mass is 16.4. The van der Waals surface area contributed by atoms with Gasteiger partial charge >= 0.3 is 5.97 Å². The Morgan fingerprint density at radius 1 is 1.25 bits per heavy atom. The van der Waals surface area contributed by atoms with Crippen LogP contribution in [0.5, 0.6) is 0 Å². The van der Waals surface area contributed by atoms with Crippen molar-refractivity contribution in [3.63, 3.8) is 0 Å². The van der Waals surface area contributed by atoms with E-state index >= 15 is 0 Å². The lowest BCUT2D eigenvalue weighted by atomic mass is 9.91. The number of piperidine rings is 1. The summed E-state index contributed by atoms with van der Waals surface area (Å²) in [7, 11) is 0. The summed E-state index contributed by atoms with van der Waals surface area (Å²) in [5, 5.41) is 8.88. The van der Waals surface area contributed by atoms with E-state index < -0.39 is 11.9 Å². The average molecular weight is 225 g/mol. The maximum atomic E-state index is 12.0. The van der Waals surface area contributed by atoms with Crippen LogP contribution in [0.1, 0.15) is 39.0 Å². The zero-order valence-corrected chi connectivity index (χ0v) is 9.69. The van der Waals surface area contributed by atoms with Crippen molar-refractivity contribution in [2.24, 2.45) is 11.8 Å². The average Bonchev–Trinajstić information content (AvgIpc) is 2.74. The molecule has 0 radical (unpaired) electrons. The van der Waals surface area contributed by atoms with E-state index in [0.717, 1.165) is 19.4 Å². The van der Waals surface area contributed by atoms with Gasteiger partial charge in [0.2, 0.25) is 5.91 Å². The van der Waals surface area contributed by atoms with E-state index in [-0.39, 0.29) is 5.91 Å². The number of rotatable bonds is 2. The highest BCUT2D eigenvalue weighted by Gasteiger charge is 2.39. The molecule has 3 atom stereocenters. The molecular weight excluding hydrogens is 206 g/mol. The fourth-order valence-electron chi connectivity index (χ4n) is 3.08. The minimum Gasteiger partial charge on any atom is -0.481 e. The van der Waals surface area contributed by atoms with Crippen LogP contribution in [0.15, 0.2) is 0 Å². The van der Waals surface area contributed by atoms with Crippen LogP contribution in [-0.2, 0) is 9.59 Å². The lowest BCUT2D eigenvalue weighted by Gasteiger charge is -2.38. The van der Waals surface area contributed by atoms with Crippen molar-refractivity contribution in [1.82, 2.24) is 4.90 Å². The van der Waals surface area contributed by atoms with Gasteiger partial charge in [0.25, 0.3) is 0 Å². The third-order valence-corrected chi connectivity index (χ3v) is 4.02. The molecule has 1 aliphatic heterocycles. The standard InChI is InChI=1S/C12H19NO3/c1-8(12(15)16)11(14)13-7-3-5-9-4-2-6-10(9)13/h8-10H,2-7H2,1H3,(H,15,16). The molecule has 0 aromatic carbocycles. The Hall–Kier alpha value is -1.06. The van der Waals surface area contributed by atoms with Crippen molar-refractivity contribution in [2.45, 2.75) is 45.1 Å². The Balaban J connectivity index is 2.07. The van der Waals surface area contributed by atoms with Gasteiger partial charge in [0, 0.05) is 12.6 Å². The molecule has 1 saturated heterocycles. The second-order valence-electron chi connectivity index (χ2n) is 4.99. The molecule has 4 heteroatoms. The molecule has 3 unspecified atom stereocenters. The normalized spacial score (nSPS) is 30.9. The molecule has 90 valence electrons. The van der Waals surface area contributed by atoms with Crippen LogP contribution in [0.25, 0.3) is 0 Å². The monoisotopic (exact) mass is 225 g/mol. The van der Waals surface area contributed by atoms with Crippen LogP contribution < -0.4 is 0 Å². The molecule has 1 aliphatic carbocycles. The van der Waals surface area contributed by atoms with Crippen molar-refractivity contribution >= 4 is 11.9 Å². The predicted octanol–water partition coefficient (Wildman–Crippen LogP) is 1.50. The van der Waals surface area contributed by atoms with Crippen LogP contribution in [0.2, 0.25) is 0 Å². The molecule has 0 aromatic rings. The quantitative estimate of drug-likeness (QED) is 0.724. The van der Waals surface area contributed by atoms with Gasteiger partial charge in [0.1, 0.15) is 5.92 Å². The molecule has 2 fully saturated rings. The summed E-state index contributed by atoms with van der Waals surface area (Å²) < 4.78 is 0. The molecule has 2 rings (SSSR count). The minimum atomic E-state index is -1.01. The smallest absolute Gasteiger partial charge is 0.315 e. The van der Waals surface area contributed by atoms with Crippen LogP contribution in [0.4, 0.5) is 0 Å². The highest BCUT2D eigenvalue weighted by Crippen LogP contribution is 2.37. The summed E-state index contributed by atoms with van der Waals surface area (Å²) in [5.41, 5.74) is 0. The Kier molecular flexibility index (Phi) is 3.17. The van der Waals surface area contributed by atoms with E-state index in [9.17, 15) is 9.59 Å². The Labute approximate surface area is 95.6 Å². The third-order valence-electron chi connectivity index (χ3n) is 4.02. The maximum Gasteiger partial charge on any atom is 0.315 e. The van der Waals surface area contributed by atoms with Gasteiger partial charge in [-0.2, -0.15) is 0 Å². The first-order chi connectivity index (χ1) is 7.61. The second-order valence-corrected chi connectivity index (χ2v) is 4.99. The third kappa shape index (κ3) is 1.93. The summed E-state index contributed by atoms with van der Waals surface area (Å²) in [6.45, 7) is 2.24. The molecule has 1 saturated carbocycles. The van der Waals surface area contributed by atoms with Crippen LogP contribution >= 0.6 is 0 Å². The van der Waals surface area contributed by atoms with Crippen LogP contribution in [0, 0.1) is 11.8 Å². The summed E-state index contributed by atoms with van der Waals surface area (Å²) in [5.74, 6) is -1.47. The fraction of sp³-hybridized carbons (Fsp3) is 0.833. The number of amides is 1. The van der Waals surface area contributed by atoms with E-state index in [1.165, 1.54) is 26.2 Å². The molecular formula is C12H19NO3. The largest absolute Gasteiger partial charge is 0.481 e. The molecule has 1 N–H and O–H groups in total. The Morgan fingerprint density at radius 3 is 2.62 bits per heavy atom. The van der Waals surface area contributed by atoms with Crippen LogP contribution in [-0.4, -0.2) is 34.5 Å². The fourth-order valence-corrected chi connectivity index (χ4v) is 3.08. The summed E-state index contributed by atoms with van der Waals surface area (Å²) in [6.07, 6.45) is 5.67. The molecule has 16 heavy (non-hydrogen) atoms. The number of likely N-dealkylation sites (tertiary alicyclic amines) is 1. The zero-order chi connectivity index (χ0) is 11.7. The van der Waals surface area contributed by atoms with Gasteiger partial charge in [-0.05, 0) is 38.5 Å². The van der Waals surface area contributed by atoms with Crippen molar-refractivity contribution in [3.05, 3.63) is 0 Å². The Morgan fingerprint density at radius 2 is 1.94 bits per heavy atom. The number of nitrogens with zero attached hydrogens (tertiary/aromatic N) is 1. The van der Waals surface area contributed by atoms with Gasteiger partial charge in [-0.1, -0.05) is 6.42 Å². The van der Waals surface area contributed by atoms with Gasteiger partial charge < -0.3 is 10.0 Å². The van der Waals surface area contributed by atoms with E-state index in [0.29, 0.717) is 12.0 Å². The van der Waals surface area contributed by atoms with Crippen molar-refractivity contribution in [1.29, 1.82) is 0 Å². The zero-order valence-electron chi connectivity index (χ0n) is 9.69. The van der Waals surface area contributed by atoms with Gasteiger partial charge in [0.05, 0.1) is 0 Å². The molecule has 2 aliphatic rings. The molecule has 0 bridgehead atoms. The topological polar surface area (TPSA) is 57.6 Å². The second kappa shape index (κ2) is 4.44. The summed E-state index contributed by atoms with van der Waals surface area (Å²) in [6, 6.07) is 0.322. The minimum absolute atomic E-state index is 0.191. The van der Waals surface area contributed by atoms with Crippen molar-refractivity contribution in [2.75, 3.05) is 6.54 Å². The highest BCUT2D eigenvalue weighted by molar-refractivity contribution is 5.96. The number of carbonyl (C=O) groups excluding carboxylic acids is 1. The number of carboxylic acids is 1. The molecule has 0 aromatic heterocycles. The first-order valence-electron chi connectivity index (χ1n) is 6.14. The lowest BCUT2D eigenvalue weighted by molar-refractivity contribution is -0.152. The van der Waals surface area contributed by atoms with E-state index in [1.807, 2.05) is 4.90 Å². The predicted molar refractivity (Wildman–Crippen MR) is 58.9 cm³/mol. The lowest BCUT2D eigenvalue weighted by Crippen LogP contribution is -2.49. The molecule has 4 nitrogen and oxygen atoms in total. The van der Waals surface area contributed by atoms with Gasteiger partial charge in [-0.25, -0.2) is 0 Å². The number of fused-ring (bicyclic) bond motifs is 1. The molecule has 1 heterocycles. The van der Waals surface area contributed by atoms with Crippen molar-refractivity contribution in [3.8, 4) is 0 Å². The summed E-state index contributed by atoms with van der Waals surface area (Å²) >= 11 is 0. The van der Waals surface area contributed by atoms with E-state index in [4.69, 9.17) is 5.11 Å². The SMILES string of the molecule is CC(C(=O)O)C(=O)N1CCCC2CCCC21. The van der Waals surface area contributed by atoms with E-state index in [2.05, 4.69) is 0 Å². The van der Waals surface area contributed by atoms with Crippen LogP contribution in [0.3, 0.4) is 0 Å². The van der Waals surface area contributed by atoms with Gasteiger partial charge in [-0.3, -0.25) is 9.59 Å². The first kappa shape index (κ1) is 11.4. The summed E-state index contributed by atoms with van der Waals surface area (Å²) in [4.78, 5) is 24.7. The Bertz CT molecular complexity index is 303. The number of hydrogen-bond acceptors (Lipinski definition) is 2. The number of carboxylic acid groups (broad SMARTS) is 1. The first-order valence-corrected chi connectivity index (χ1v) is 6.14. The molecule has 1 amide bonds. The number of hydrogen-bond donors (Lipinski definition) is 1. The number of carbonyl (C=O) groups is 2. The molecule has 0 spiro atoms. The van der Waals surface area contributed by atoms with Crippen molar-refractivity contribution < 1.29 is 14.7 Å². The number of aliphatic carboxylic acids is 1. The maximum absolute atomic E-state index is 12.0. The van der Waals surface area contributed by atoms with Gasteiger partial charge in [0.15, 0.2) is 0 Å². The van der Waals surface area contributed by atoms with E-state index in [1.54, 1.807) is 0 Å².